The van der Waals surface area contributed by atoms with E-state index in [2.05, 4.69) is 5.32 Å². The van der Waals surface area contributed by atoms with Gasteiger partial charge in [0.25, 0.3) is 10.0 Å². The van der Waals surface area contributed by atoms with E-state index in [1.165, 1.54) is 26.4 Å². The van der Waals surface area contributed by atoms with Crippen LogP contribution in [0.2, 0.25) is 0 Å². The molecule has 0 heterocycles. The van der Waals surface area contributed by atoms with Gasteiger partial charge in [-0.1, -0.05) is 42.0 Å². The Bertz CT molecular complexity index is 1160. The summed E-state index contributed by atoms with van der Waals surface area (Å²) in [6, 6.07) is 20.4. The molecule has 0 fully saturated rings. The summed E-state index contributed by atoms with van der Waals surface area (Å²) < 4.78 is 38.5. The number of sulfonamides is 1. The first-order chi connectivity index (χ1) is 15.3. The topological polar surface area (TPSA) is 84.9 Å². The zero-order valence-electron chi connectivity index (χ0n) is 18.2. The number of anilines is 1. The van der Waals surface area contributed by atoms with Gasteiger partial charge in [0, 0.05) is 6.54 Å². The Labute approximate surface area is 188 Å². The average Bonchev–Trinajstić information content (AvgIpc) is 2.82. The number of nitrogens with zero attached hydrogens (tertiary/aromatic N) is 1. The summed E-state index contributed by atoms with van der Waals surface area (Å²) in [5, 5.41) is 2.79. The Kier molecular flexibility index (Phi) is 7.37. The van der Waals surface area contributed by atoms with Crippen molar-refractivity contribution in [1.29, 1.82) is 0 Å². The molecular weight excluding hydrogens is 428 g/mol. The molecule has 0 saturated carbocycles. The van der Waals surface area contributed by atoms with Crippen molar-refractivity contribution in [2.45, 2.75) is 18.4 Å². The molecule has 32 heavy (non-hydrogen) atoms. The van der Waals surface area contributed by atoms with Gasteiger partial charge in [-0.3, -0.25) is 9.10 Å². The predicted octanol–water partition coefficient (Wildman–Crippen LogP) is 3.52. The minimum Gasteiger partial charge on any atom is -0.497 e. The maximum absolute atomic E-state index is 13.5. The number of ether oxygens (including phenoxy) is 2. The molecule has 0 bridgehead atoms. The first-order valence-corrected chi connectivity index (χ1v) is 11.4. The zero-order valence-corrected chi connectivity index (χ0v) is 19.1. The highest BCUT2D eigenvalue weighted by molar-refractivity contribution is 7.92. The van der Waals surface area contributed by atoms with E-state index in [-0.39, 0.29) is 10.6 Å². The maximum atomic E-state index is 13.5. The standard InChI is InChI=1S/C24H26N2O5S/c1-18-8-10-19(11-9-18)16-25-24(27)17-26(22-6-4-5-7-23(22)31-3)32(28,29)21-14-12-20(30-2)13-15-21/h4-15H,16-17H2,1-3H3,(H,25,27). The first-order valence-electron chi connectivity index (χ1n) is 9.97. The fourth-order valence-electron chi connectivity index (χ4n) is 3.10. The molecule has 3 rings (SSSR count). The quantitative estimate of drug-likeness (QED) is 0.535. The lowest BCUT2D eigenvalue weighted by atomic mass is 10.1. The summed E-state index contributed by atoms with van der Waals surface area (Å²) in [7, 11) is -1.10. The molecule has 0 atom stereocenters. The fraction of sp³-hybridized carbons (Fsp3) is 0.208. The van der Waals surface area contributed by atoms with Crippen molar-refractivity contribution in [3.63, 3.8) is 0 Å². The molecule has 1 N–H and O–H groups in total. The van der Waals surface area contributed by atoms with Crippen LogP contribution in [0.15, 0.2) is 77.7 Å². The van der Waals surface area contributed by atoms with Crippen molar-refractivity contribution in [3.05, 3.63) is 83.9 Å². The Morgan fingerprint density at radius 2 is 1.56 bits per heavy atom. The fourth-order valence-corrected chi connectivity index (χ4v) is 4.53. The van der Waals surface area contributed by atoms with Gasteiger partial charge in [0.2, 0.25) is 5.91 Å². The molecule has 3 aromatic carbocycles. The second-order valence-electron chi connectivity index (χ2n) is 7.12. The van der Waals surface area contributed by atoms with Crippen LogP contribution in [0.3, 0.4) is 0 Å². The van der Waals surface area contributed by atoms with Crippen molar-refractivity contribution in [2.75, 3.05) is 25.1 Å². The average molecular weight is 455 g/mol. The second kappa shape index (κ2) is 10.2. The van der Waals surface area contributed by atoms with Gasteiger partial charge in [0.05, 0.1) is 24.8 Å². The van der Waals surface area contributed by atoms with Gasteiger partial charge >= 0.3 is 0 Å². The van der Waals surface area contributed by atoms with Gasteiger partial charge in [-0.2, -0.15) is 0 Å². The summed E-state index contributed by atoms with van der Waals surface area (Å²) in [5.74, 6) is 0.438. The summed E-state index contributed by atoms with van der Waals surface area (Å²) in [6.45, 7) is 1.87. The number of para-hydroxylation sites is 2. The van der Waals surface area contributed by atoms with Crippen LogP contribution in [0.25, 0.3) is 0 Å². The highest BCUT2D eigenvalue weighted by Crippen LogP contribution is 2.32. The molecule has 0 aliphatic heterocycles. The molecule has 0 spiro atoms. The van der Waals surface area contributed by atoms with Gasteiger partial charge in [-0.25, -0.2) is 8.42 Å². The van der Waals surface area contributed by atoms with Crippen molar-refractivity contribution in [1.82, 2.24) is 5.32 Å². The SMILES string of the molecule is COc1ccc(S(=O)(=O)N(CC(=O)NCc2ccc(C)cc2)c2ccccc2OC)cc1. The molecule has 0 saturated heterocycles. The number of rotatable bonds is 9. The van der Waals surface area contributed by atoms with Crippen molar-refractivity contribution < 1.29 is 22.7 Å². The lowest BCUT2D eigenvalue weighted by Gasteiger charge is -2.25. The molecule has 0 aliphatic rings. The Hall–Kier alpha value is -3.52. The monoisotopic (exact) mass is 454 g/mol. The summed E-state index contributed by atoms with van der Waals surface area (Å²) >= 11 is 0. The maximum Gasteiger partial charge on any atom is 0.264 e. The van der Waals surface area contributed by atoms with E-state index < -0.39 is 22.5 Å². The number of carbonyl (C=O) groups is 1. The number of benzene rings is 3. The second-order valence-corrected chi connectivity index (χ2v) is 8.98. The number of amides is 1. The Morgan fingerprint density at radius 1 is 0.906 bits per heavy atom. The lowest BCUT2D eigenvalue weighted by molar-refractivity contribution is -0.119. The third-order valence-corrected chi connectivity index (χ3v) is 6.67. The van der Waals surface area contributed by atoms with Crippen LogP contribution in [-0.4, -0.2) is 35.1 Å². The van der Waals surface area contributed by atoms with Crippen LogP contribution >= 0.6 is 0 Å². The number of hydrogen-bond acceptors (Lipinski definition) is 5. The Morgan fingerprint density at radius 3 is 2.19 bits per heavy atom. The summed E-state index contributed by atoms with van der Waals surface area (Å²) in [4.78, 5) is 12.8. The van der Waals surface area contributed by atoms with Gasteiger partial charge in [-0.15, -0.1) is 0 Å². The van der Waals surface area contributed by atoms with Crippen molar-refractivity contribution in [2.24, 2.45) is 0 Å². The molecule has 1 amide bonds. The van der Waals surface area contributed by atoms with E-state index in [4.69, 9.17) is 9.47 Å². The van der Waals surface area contributed by atoms with Crippen LogP contribution < -0.4 is 19.1 Å². The van der Waals surface area contributed by atoms with E-state index >= 15 is 0 Å². The normalized spacial score (nSPS) is 11.0. The molecule has 0 radical (unpaired) electrons. The molecule has 0 unspecified atom stereocenters. The van der Waals surface area contributed by atoms with Crippen LogP contribution in [0.1, 0.15) is 11.1 Å². The van der Waals surface area contributed by atoms with Crippen LogP contribution in [0.4, 0.5) is 5.69 Å². The largest absolute Gasteiger partial charge is 0.497 e. The third-order valence-electron chi connectivity index (χ3n) is 4.90. The minimum absolute atomic E-state index is 0.0375. The number of nitrogens with one attached hydrogen (secondary N) is 1. The van der Waals surface area contributed by atoms with E-state index in [1.807, 2.05) is 31.2 Å². The zero-order chi connectivity index (χ0) is 23.1. The third kappa shape index (κ3) is 5.39. The highest BCUT2D eigenvalue weighted by Gasteiger charge is 2.29. The van der Waals surface area contributed by atoms with E-state index in [1.54, 1.807) is 36.4 Å². The summed E-state index contributed by atoms with van der Waals surface area (Å²) in [6.07, 6.45) is 0. The smallest absolute Gasteiger partial charge is 0.264 e. The van der Waals surface area contributed by atoms with Crippen molar-refractivity contribution >= 4 is 21.6 Å². The first kappa shape index (κ1) is 23.1. The van der Waals surface area contributed by atoms with E-state index in [0.717, 1.165) is 15.4 Å². The molecule has 0 aromatic heterocycles. The van der Waals surface area contributed by atoms with E-state index in [9.17, 15) is 13.2 Å². The van der Waals surface area contributed by atoms with Crippen LogP contribution in [0.5, 0.6) is 11.5 Å². The molecule has 0 aliphatic carbocycles. The lowest BCUT2D eigenvalue weighted by Crippen LogP contribution is -2.40. The van der Waals surface area contributed by atoms with E-state index in [0.29, 0.717) is 18.0 Å². The summed E-state index contributed by atoms with van der Waals surface area (Å²) in [5.41, 5.74) is 2.31. The number of hydrogen-bond donors (Lipinski definition) is 1. The van der Waals surface area contributed by atoms with Gasteiger partial charge in [-0.05, 0) is 48.9 Å². The van der Waals surface area contributed by atoms with Gasteiger partial charge in [0.15, 0.2) is 0 Å². The number of methoxy groups -OCH3 is 2. The number of aryl methyl sites for hydroxylation is 1. The minimum atomic E-state index is -4.06. The van der Waals surface area contributed by atoms with Gasteiger partial charge in [0.1, 0.15) is 18.0 Å². The molecule has 8 heteroatoms. The molecule has 168 valence electrons. The molecule has 7 nitrogen and oxygen atoms in total. The number of carbonyl (C=O) groups excluding carboxylic acids is 1. The molecule has 3 aromatic rings. The van der Waals surface area contributed by atoms with Crippen LogP contribution in [0, 0.1) is 6.92 Å². The van der Waals surface area contributed by atoms with Crippen molar-refractivity contribution in [3.8, 4) is 11.5 Å². The van der Waals surface area contributed by atoms with Crippen LogP contribution in [-0.2, 0) is 21.4 Å². The highest BCUT2D eigenvalue weighted by atomic mass is 32.2. The van der Waals surface area contributed by atoms with Gasteiger partial charge < -0.3 is 14.8 Å². The molecular formula is C24H26N2O5S. The Balaban J connectivity index is 1.89. The predicted molar refractivity (Wildman–Crippen MR) is 124 cm³/mol.